The van der Waals surface area contributed by atoms with Crippen LogP contribution >= 0.6 is 0 Å². The number of unbranched alkanes of at least 4 members (excludes halogenated alkanes) is 11. The Balaban J connectivity index is 1.18. The van der Waals surface area contributed by atoms with E-state index in [1.165, 1.54) is 135 Å². The molecule has 38 heavy (non-hydrogen) atoms. The normalized spacial score (nSPS) is 30.3. The molecule has 0 radical (unpaired) electrons. The van der Waals surface area contributed by atoms with E-state index in [-0.39, 0.29) is 18.0 Å². The van der Waals surface area contributed by atoms with Crippen LogP contribution in [0.1, 0.15) is 162 Å². The minimum Gasteiger partial charge on any atom is -0.462 e. The van der Waals surface area contributed by atoms with Crippen molar-refractivity contribution < 1.29 is 9.53 Å². The summed E-state index contributed by atoms with van der Waals surface area (Å²) >= 11 is 0. The standard InChI is InChI=1S/C34H64N2O2/c1-3-5-7-8-9-10-11-12-13-15-17-29-26-35-33(36-27-29)30-22-24-32(25-23-30)38-34(37)31-20-18-28(19-21-31)16-14-6-4-2/h28-33,35-36H,3-27H2,1-2H3. The summed E-state index contributed by atoms with van der Waals surface area (Å²) in [6.45, 7) is 6.92. The Bertz CT molecular complexity index is 587. The van der Waals surface area contributed by atoms with Crippen LogP contribution in [0.3, 0.4) is 0 Å². The Kier molecular flexibility index (Phi) is 16.3. The summed E-state index contributed by atoms with van der Waals surface area (Å²) in [6, 6.07) is 0. The average Bonchev–Trinajstić information content (AvgIpc) is 2.95. The molecule has 1 saturated heterocycles. The molecular formula is C34H64N2O2. The van der Waals surface area contributed by atoms with Gasteiger partial charge >= 0.3 is 5.97 Å². The molecule has 2 saturated carbocycles. The molecule has 2 N–H and O–H groups in total. The van der Waals surface area contributed by atoms with E-state index in [0.29, 0.717) is 12.1 Å². The van der Waals surface area contributed by atoms with E-state index in [1.54, 1.807) is 0 Å². The first kappa shape index (κ1) is 31.9. The lowest BCUT2D eigenvalue weighted by atomic mass is 9.79. The maximum absolute atomic E-state index is 12.8. The Labute approximate surface area is 236 Å². The number of esters is 1. The maximum Gasteiger partial charge on any atom is 0.309 e. The highest BCUT2D eigenvalue weighted by molar-refractivity contribution is 5.72. The van der Waals surface area contributed by atoms with Gasteiger partial charge in [0.05, 0.1) is 12.1 Å². The second kappa shape index (κ2) is 19.5. The number of hydrogen-bond acceptors (Lipinski definition) is 4. The van der Waals surface area contributed by atoms with E-state index in [9.17, 15) is 4.79 Å². The van der Waals surface area contributed by atoms with Crippen molar-refractivity contribution in [2.24, 2.45) is 23.7 Å². The molecule has 4 heteroatoms. The molecule has 2 aliphatic carbocycles. The maximum atomic E-state index is 12.8. The van der Waals surface area contributed by atoms with Gasteiger partial charge < -0.3 is 15.4 Å². The van der Waals surface area contributed by atoms with Crippen molar-refractivity contribution in [2.75, 3.05) is 13.1 Å². The van der Waals surface area contributed by atoms with Gasteiger partial charge in [0.2, 0.25) is 0 Å². The smallest absolute Gasteiger partial charge is 0.309 e. The second-order valence-electron chi connectivity index (χ2n) is 13.3. The fourth-order valence-corrected chi connectivity index (χ4v) is 7.36. The third-order valence-corrected chi connectivity index (χ3v) is 10.1. The van der Waals surface area contributed by atoms with E-state index in [1.807, 2.05) is 0 Å². The van der Waals surface area contributed by atoms with Crippen LogP contribution in [-0.4, -0.2) is 31.3 Å². The van der Waals surface area contributed by atoms with Crippen LogP contribution < -0.4 is 10.6 Å². The van der Waals surface area contributed by atoms with Crippen LogP contribution in [0, 0.1) is 23.7 Å². The van der Waals surface area contributed by atoms with Crippen LogP contribution in [0.25, 0.3) is 0 Å². The summed E-state index contributed by atoms with van der Waals surface area (Å²) in [5.74, 6) is 2.61. The first-order valence-corrected chi connectivity index (χ1v) is 17.4. The Morgan fingerprint density at radius 2 is 1.11 bits per heavy atom. The number of carbonyl (C=O) groups excluding carboxylic acids is 1. The SMILES string of the molecule is CCCCCCCCCCCCC1CNC(C2CCC(OC(=O)C3CCC(CCCCC)CC3)CC2)NC1. The molecule has 222 valence electrons. The molecule has 0 aromatic carbocycles. The Morgan fingerprint density at radius 1 is 0.605 bits per heavy atom. The Hall–Kier alpha value is -0.610. The van der Waals surface area contributed by atoms with Gasteiger partial charge in [0.15, 0.2) is 0 Å². The van der Waals surface area contributed by atoms with Gasteiger partial charge in [-0.1, -0.05) is 104 Å². The number of ether oxygens (including phenoxy) is 1. The lowest BCUT2D eigenvalue weighted by Crippen LogP contribution is -2.56. The van der Waals surface area contributed by atoms with Gasteiger partial charge in [0, 0.05) is 13.1 Å². The van der Waals surface area contributed by atoms with E-state index in [4.69, 9.17) is 4.74 Å². The third kappa shape index (κ3) is 12.3. The van der Waals surface area contributed by atoms with Crippen LogP contribution in [0.2, 0.25) is 0 Å². The number of nitrogens with one attached hydrogen (secondary N) is 2. The lowest BCUT2D eigenvalue weighted by molar-refractivity contribution is -0.157. The van der Waals surface area contributed by atoms with Crippen LogP contribution in [0.4, 0.5) is 0 Å². The van der Waals surface area contributed by atoms with E-state index in [2.05, 4.69) is 24.5 Å². The van der Waals surface area contributed by atoms with Gasteiger partial charge in [0.1, 0.15) is 6.10 Å². The summed E-state index contributed by atoms with van der Waals surface area (Å²) in [7, 11) is 0. The van der Waals surface area contributed by atoms with Gasteiger partial charge in [0.25, 0.3) is 0 Å². The molecule has 0 aromatic rings. The molecule has 1 heterocycles. The van der Waals surface area contributed by atoms with Crippen molar-refractivity contribution >= 4 is 5.97 Å². The molecule has 4 nitrogen and oxygen atoms in total. The molecule has 0 bridgehead atoms. The van der Waals surface area contributed by atoms with Crippen molar-refractivity contribution in [3.8, 4) is 0 Å². The number of rotatable bonds is 18. The quantitative estimate of drug-likeness (QED) is 0.137. The zero-order valence-electron chi connectivity index (χ0n) is 25.5. The van der Waals surface area contributed by atoms with Gasteiger partial charge in [-0.2, -0.15) is 0 Å². The van der Waals surface area contributed by atoms with Crippen molar-refractivity contribution in [1.82, 2.24) is 10.6 Å². The summed E-state index contributed by atoms with van der Waals surface area (Å²) in [5, 5.41) is 7.67. The topological polar surface area (TPSA) is 50.4 Å². The second-order valence-corrected chi connectivity index (χ2v) is 13.3. The lowest BCUT2D eigenvalue weighted by Gasteiger charge is -2.39. The van der Waals surface area contributed by atoms with Crippen molar-refractivity contribution in [2.45, 2.75) is 174 Å². The molecule has 3 rings (SSSR count). The van der Waals surface area contributed by atoms with Crippen LogP contribution in [-0.2, 0) is 9.53 Å². The predicted molar refractivity (Wildman–Crippen MR) is 161 cm³/mol. The summed E-state index contributed by atoms with van der Waals surface area (Å²) < 4.78 is 6.04. The number of hydrogen-bond donors (Lipinski definition) is 2. The predicted octanol–water partition coefficient (Wildman–Crippen LogP) is 8.92. The van der Waals surface area contributed by atoms with Gasteiger partial charge in [-0.05, 0) is 75.5 Å². The molecule has 0 aromatic heterocycles. The fraction of sp³-hybridized carbons (Fsp3) is 0.971. The molecule has 0 atom stereocenters. The molecule has 3 fully saturated rings. The summed E-state index contributed by atoms with van der Waals surface area (Å²) in [4.78, 5) is 12.8. The highest BCUT2D eigenvalue weighted by atomic mass is 16.5. The average molecular weight is 533 g/mol. The van der Waals surface area contributed by atoms with Crippen molar-refractivity contribution in [3.63, 3.8) is 0 Å². The summed E-state index contributed by atoms with van der Waals surface area (Å²) in [6.07, 6.45) is 30.6. The molecule has 0 amide bonds. The van der Waals surface area contributed by atoms with Gasteiger partial charge in [-0.3, -0.25) is 4.79 Å². The summed E-state index contributed by atoms with van der Waals surface area (Å²) in [5.41, 5.74) is 0. The van der Waals surface area contributed by atoms with Gasteiger partial charge in [-0.15, -0.1) is 0 Å². The monoisotopic (exact) mass is 532 g/mol. The number of carbonyl (C=O) groups is 1. The third-order valence-electron chi connectivity index (χ3n) is 10.1. The van der Waals surface area contributed by atoms with Crippen LogP contribution in [0.15, 0.2) is 0 Å². The molecule has 0 spiro atoms. The highest BCUT2D eigenvalue weighted by Crippen LogP contribution is 2.34. The molecular weight excluding hydrogens is 468 g/mol. The zero-order valence-corrected chi connectivity index (χ0v) is 25.5. The minimum absolute atomic E-state index is 0.115. The zero-order chi connectivity index (χ0) is 26.8. The molecule has 0 unspecified atom stereocenters. The van der Waals surface area contributed by atoms with Crippen molar-refractivity contribution in [3.05, 3.63) is 0 Å². The van der Waals surface area contributed by atoms with Crippen LogP contribution in [0.5, 0.6) is 0 Å². The van der Waals surface area contributed by atoms with E-state index < -0.39 is 0 Å². The van der Waals surface area contributed by atoms with E-state index in [0.717, 1.165) is 37.5 Å². The van der Waals surface area contributed by atoms with Crippen molar-refractivity contribution in [1.29, 1.82) is 0 Å². The fourth-order valence-electron chi connectivity index (χ4n) is 7.36. The van der Waals surface area contributed by atoms with E-state index >= 15 is 0 Å². The first-order valence-electron chi connectivity index (χ1n) is 17.4. The Morgan fingerprint density at radius 3 is 1.71 bits per heavy atom. The van der Waals surface area contributed by atoms with Gasteiger partial charge in [-0.25, -0.2) is 0 Å². The largest absolute Gasteiger partial charge is 0.462 e. The first-order chi connectivity index (χ1) is 18.7. The minimum atomic E-state index is 0.115. The molecule has 3 aliphatic rings. The molecule has 1 aliphatic heterocycles. The highest BCUT2D eigenvalue weighted by Gasteiger charge is 2.33.